The molecule has 12 heteroatoms. The van der Waals surface area contributed by atoms with Crippen molar-refractivity contribution in [3.05, 3.63) is 12.7 Å². The van der Waals surface area contributed by atoms with Crippen LogP contribution in [-0.4, -0.2) is 72.8 Å². The van der Waals surface area contributed by atoms with E-state index in [0.717, 1.165) is 25.8 Å². The lowest BCUT2D eigenvalue weighted by Gasteiger charge is -2.16. The molecule has 2 aromatic heterocycles. The Morgan fingerprint density at radius 2 is 1.89 bits per heavy atom. The lowest BCUT2D eigenvalue weighted by atomic mass is 10.1. The molecule has 154 valence electrons. The Morgan fingerprint density at radius 3 is 2.56 bits per heavy atom. The largest absolute Gasteiger partial charge is 0.394 e. The van der Waals surface area contributed by atoms with E-state index >= 15 is 0 Å². The standard InChI is InChI=1S/C15H24N6O4.2ClH/c16-4-2-1-3-5-17-13-10-14(19-7-18-13)21(8-20-10)15-12(24)11(23)9(6-22)25-15;;/h7-9,11-12,15,22-24H,1-6,16H2,(H,17,18,19);2*1H/t9-,11-,12-,15-;;/m1../s1. The highest BCUT2D eigenvalue weighted by Gasteiger charge is 2.44. The summed E-state index contributed by atoms with van der Waals surface area (Å²) in [6, 6.07) is 0. The van der Waals surface area contributed by atoms with Crippen molar-refractivity contribution in [2.75, 3.05) is 25.0 Å². The van der Waals surface area contributed by atoms with Gasteiger partial charge < -0.3 is 31.1 Å². The summed E-state index contributed by atoms with van der Waals surface area (Å²) in [5.41, 5.74) is 6.52. The number of nitrogens with zero attached hydrogens (tertiary/aromatic N) is 4. The summed E-state index contributed by atoms with van der Waals surface area (Å²) in [5, 5.41) is 32.5. The van der Waals surface area contributed by atoms with E-state index in [4.69, 9.17) is 10.5 Å². The smallest absolute Gasteiger partial charge is 0.167 e. The SMILES string of the molecule is Cl.Cl.NCCCCCNc1ncnc2c1ncn2[C@@H]1O[C@H](CO)[C@@H](O)[C@H]1O. The van der Waals surface area contributed by atoms with Gasteiger partial charge in [0.15, 0.2) is 23.2 Å². The van der Waals surface area contributed by atoms with Gasteiger partial charge in [0.1, 0.15) is 24.6 Å². The van der Waals surface area contributed by atoms with Gasteiger partial charge in [-0.25, -0.2) is 15.0 Å². The molecular formula is C15H26Cl2N6O4. The summed E-state index contributed by atoms with van der Waals surface area (Å²) in [4.78, 5) is 12.7. The fourth-order valence-electron chi connectivity index (χ4n) is 2.93. The predicted octanol–water partition coefficient (Wildman–Crippen LogP) is -0.178. The van der Waals surface area contributed by atoms with Crippen molar-refractivity contribution >= 4 is 41.8 Å². The number of aliphatic hydroxyl groups is 3. The molecule has 10 nitrogen and oxygen atoms in total. The lowest BCUT2D eigenvalue weighted by molar-refractivity contribution is -0.0511. The molecule has 0 saturated carbocycles. The number of aromatic nitrogens is 4. The maximum Gasteiger partial charge on any atom is 0.167 e. The first-order valence-corrected chi connectivity index (χ1v) is 8.41. The van der Waals surface area contributed by atoms with E-state index in [2.05, 4.69) is 20.3 Å². The molecule has 0 amide bonds. The summed E-state index contributed by atoms with van der Waals surface area (Å²) in [7, 11) is 0. The molecule has 0 aliphatic carbocycles. The van der Waals surface area contributed by atoms with E-state index in [1.165, 1.54) is 12.7 Å². The van der Waals surface area contributed by atoms with Crippen molar-refractivity contribution in [1.29, 1.82) is 0 Å². The molecule has 27 heavy (non-hydrogen) atoms. The fourth-order valence-corrected chi connectivity index (χ4v) is 2.93. The van der Waals surface area contributed by atoms with E-state index in [1.54, 1.807) is 4.57 Å². The Labute approximate surface area is 169 Å². The molecule has 3 heterocycles. The molecule has 0 spiro atoms. The van der Waals surface area contributed by atoms with Gasteiger partial charge in [0.05, 0.1) is 12.9 Å². The van der Waals surface area contributed by atoms with E-state index in [1.807, 2.05) is 0 Å². The zero-order chi connectivity index (χ0) is 17.8. The van der Waals surface area contributed by atoms with Gasteiger partial charge in [0.25, 0.3) is 0 Å². The van der Waals surface area contributed by atoms with Crippen molar-refractivity contribution in [3.8, 4) is 0 Å². The molecule has 0 unspecified atom stereocenters. The average Bonchev–Trinajstić information content (AvgIpc) is 3.17. The average molecular weight is 425 g/mol. The van der Waals surface area contributed by atoms with Gasteiger partial charge in [0, 0.05) is 6.54 Å². The number of nitrogens with two attached hydrogens (primary N) is 1. The van der Waals surface area contributed by atoms with Crippen LogP contribution in [0.5, 0.6) is 0 Å². The van der Waals surface area contributed by atoms with Crippen LogP contribution in [-0.2, 0) is 4.74 Å². The summed E-state index contributed by atoms with van der Waals surface area (Å²) in [6.45, 7) is 1.05. The number of imidazole rings is 1. The number of aliphatic hydroxyl groups excluding tert-OH is 3. The number of anilines is 1. The summed E-state index contributed by atoms with van der Waals surface area (Å²) >= 11 is 0. The molecular weight excluding hydrogens is 399 g/mol. The van der Waals surface area contributed by atoms with Gasteiger partial charge in [-0.05, 0) is 19.4 Å². The Morgan fingerprint density at radius 1 is 1.11 bits per heavy atom. The van der Waals surface area contributed by atoms with Crippen LogP contribution in [0.4, 0.5) is 5.82 Å². The minimum absolute atomic E-state index is 0. The van der Waals surface area contributed by atoms with Crippen LogP contribution in [0.1, 0.15) is 25.5 Å². The maximum absolute atomic E-state index is 10.2. The highest BCUT2D eigenvalue weighted by molar-refractivity contribution is 5.85. The molecule has 1 aliphatic heterocycles. The Kier molecular flexibility index (Phi) is 9.60. The first-order valence-electron chi connectivity index (χ1n) is 8.41. The van der Waals surface area contributed by atoms with Gasteiger partial charge in [-0.3, -0.25) is 4.57 Å². The predicted molar refractivity (Wildman–Crippen MR) is 104 cm³/mol. The molecule has 6 N–H and O–H groups in total. The van der Waals surface area contributed by atoms with Crippen molar-refractivity contribution in [2.24, 2.45) is 5.73 Å². The third-order valence-electron chi connectivity index (χ3n) is 4.32. The number of halogens is 2. The van der Waals surface area contributed by atoms with E-state index in [9.17, 15) is 15.3 Å². The molecule has 1 saturated heterocycles. The van der Waals surface area contributed by atoms with E-state index in [0.29, 0.717) is 23.5 Å². The molecule has 0 bridgehead atoms. The number of rotatable bonds is 8. The Balaban J connectivity index is 0.00000182. The first-order chi connectivity index (χ1) is 12.2. The second-order valence-corrected chi connectivity index (χ2v) is 6.05. The molecule has 4 atom stereocenters. The number of fused-ring (bicyclic) bond motifs is 1. The molecule has 3 rings (SSSR count). The van der Waals surface area contributed by atoms with Gasteiger partial charge in [-0.1, -0.05) is 6.42 Å². The van der Waals surface area contributed by atoms with Crippen molar-refractivity contribution < 1.29 is 20.1 Å². The van der Waals surface area contributed by atoms with Crippen LogP contribution in [0.2, 0.25) is 0 Å². The highest BCUT2D eigenvalue weighted by Crippen LogP contribution is 2.32. The summed E-state index contributed by atoms with van der Waals surface area (Å²) in [5.74, 6) is 0.600. The van der Waals surface area contributed by atoms with Crippen LogP contribution in [0.3, 0.4) is 0 Å². The van der Waals surface area contributed by atoms with Crippen LogP contribution in [0.15, 0.2) is 12.7 Å². The third kappa shape index (κ3) is 4.96. The lowest BCUT2D eigenvalue weighted by Crippen LogP contribution is -2.33. The fraction of sp³-hybridized carbons (Fsp3) is 0.667. The monoisotopic (exact) mass is 424 g/mol. The van der Waals surface area contributed by atoms with Crippen molar-refractivity contribution in [3.63, 3.8) is 0 Å². The van der Waals surface area contributed by atoms with Crippen molar-refractivity contribution in [1.82, 2.24) is 19.5 Å². The topological polar surface area (TPSA) is 152 Å². The van der Waals surface area contributed by atoms with Crippen LogP contribution in [0.25, 0.3) is 11.2 Å². The summed E-state index contributed by atoms with van der Waals surface area (Å²) in [6.07, 6.45) is 1.81. The van der Waals surface area contributed by atoms with Gasteiger partial charge >= 0.3 is 0 Å². The molecule has 1 aliphatic rings. The summed E-state index contributed by atoms with van der Waals surface area (Å²) < 4.78 is 7.08. The van der Waals surface area contributed by atoms with Gasteiger partial charge in [0.2, 0.25) is 0 Å². The maximum atomic E-state index is 10.2. The number of unbranched alkanes of at least 4 members (excludes halogenated alkanes) is 2. The molecule has 2 aromatic rings. The molecule has 1 fully saturated rings. The second-order valence-electron chi connectivity index (χ2n) is 6.05. The number of hydrogen-bond donors (Lipinski definition) is 5. The first kappa shape index (κ1) is 23.8. The minimum atomic E-state index is -1.18. The minimum Gasteiger partial charge on any atom is -0.394 e. The molecule has 0 radical (unpaired) electrons. The third-order valence-corrected chi connectivity index (χ3v) is 4.32. The number of ether oxygens (including phenoxy) is 1. The Bertz CT molecular complexity index is 706. The van der Waals surface area contributed by atoms with E-state index < -0.39 is 24.5 Å². The quantitative estimate of drug-likeness (QED) is 0.363. The zero-order valence-electron chi connectivity index (χ0n) is 14.6. The second kappa shape index (κ2) is 10.9. The van der Waals surface area contributed by atoms with Crippen LogP contribution >= 0.6 is 24.8 Å². The van der Waals surface area contributed by atoms with Gasteiger partial charge in [-0.2, -0.15) is 0 Å². The van der Waals surface area contributed by atoms with Crippen molar-refractivity contribution in [2.45, 2.75) is 43.8 Å². The van der Waals surface area contributed by atoms with Gasteiger partial charge in [-0.15, -0.1) is 24.8 Å². The number of hydrogen-bond acceptors (Lipinski definition) is 9. The molecule has 0 aromatic carbocycles. The van der Waals surface area contributed by atoms with Crippen LogP contribution < -0.4 is 11.1 Å². The normalized spacial score (nSPS) is 24.4. The highest BCUT2D eigenvalue weighted by atomic mass is 35.5. The zero-order valence-corrected chi connectivity index (χ0v) is 16.3. The number of nitrogens with one attached hydrogen (secondary N) is 1. The van der Waals surface area contributed by atoms with Crippen LogP contribution in [0, 0.1) is 0 Å². The van der Waals surface area contributed by atoms with E-state index in [-0.39, 0.29) is 31.4 Å². The Hall–Kier alpha value is -1.27.